The fourth-order valence-electron chi connectivity index (χ4n) is 2.89. The van der Waals surface area contributed by atoms with Crippen molar-refractivity contribution in [2.24, 2.45) is 17.2 Å². The molecule has 2 aromatic carbocycles. The Bertz CT molecular complexity index is 1000. The van der Waals surface area contributed by atoms with Gasteiger partial charge < -0.3 is 17.2 Å². The number of carbonyl (C=O) groups excluding carboxylic acids is 3. The van der Waals surface area contributed by atoms with Crippen molar-refractivity contribution in [2.45, 2.75) is 0 Å². The first-order valence-corrected chi connectivity index (χ1v) is 7.05. The highest BCUT2D eigenvalue weighted by atomic mass is 16.2. The summed E-state index contributed by atoms with van der Waals surface area (Å²) in [6.45, 7) is 0. The smallest absolute Gasteiger partial charge is 0.324 e. The Morgan fingerprint density at radius 3 is 2.04 bits per heavy atom. The molecule has 0 radical (unpaired) electrons. The van der Waals surface area contributed by atoms with E-state index >= 15 is 0 Å². The number of benzene rings is 2. The molecule has 7 heteroatoms. The van der Waals surface area contributed by atoms with Crippen molar-refractivity contribution in [3.8, 4) is 11.1 Å². The van der Waals surface area contributed by atoms with Crippen molar-refractivity contribution in [1.82, 2.24) is 4.57 Å². The second kappa shape index (κ2) is 5.54. The zero-order chi connectivity index (χ0) is 17.4. The second-order valence-corrected chi connectivity index (χ2v) is 5.19. The number of nitrogens with two attached hydrogens (primary N) is 3. The number of amides is 3. The van der Waals surface area contributed by atoms with Crippen LogP contribution < -0.4 is 17.2 Å². The third kappa shape index (κ3) is 2.19. The largest absolute Gasteiger partial charge is 0.366 e. The number of para-hydroxylation sites is 1. The van der Waals surface area contributed by atoms with Gasteiger partial charge in [0.15, 0.2) is 0 Å². The normalized spacial score (nSPS) is 10.7. The molecular formula is C17H14N4O3. The number of rotatable bonds is 3. The molecule has 0 saturated carbocycles. The third-order valence-electron chi connectivity index (χ3n) is 3.79. The van der Waals surface area contributed by atoms with Crippen LogP contribution in [0.3, 0.4) is 0 Å². The Hall–Kier alpha value is -3.61. The van der Waals surface area contributed by atoms with Crippen LogP contribution in [0.15, 0.2) is 48.5 Å². The lowest BCUT2D eigenvalue weighted by molar-refractivity contribution is 0.0986. The van der Waals surface area contributed by atoms with E-state index in [1.54, 1.807) is 48.5 Å². The summed E-state index contributed by atoms with van der Waals surface area (Å²) in [6.07, 6.45) is 0. The van der Waals surface area contributed by atoms with Crippen LogP contribution in [0.4, 0.5) is 4.79 Å². The van der Waals surface area contributed by atoms with Crippen LogP contribution in [0.2, 0.25) is 0 Å². The van der Waals surface area contributed by atoms with E-state index in [2.05, 4.69) is 0 Å². The van der Waals surface area contributed by atoms with Crippen molar-refractivity contribution in [3.63, 3.8) is 0 Å². The molecule has 120 valence electrons. The highest BCUT2D eigenvalue weighted by molar-refractivity contribution is 6.16. The van der Waals surface area contributed by atoms with E-state index in [-0.39, 0.29) is 11.3 Å². The zero-order valence-corrected chi connectivity index (χ0v) is 12.5. The molecular weight excluding hydrogens is 308 g/mol. The average Bonchev–Trinajstić information content (AvgIpc) is 2.90. The van der Waals surface area contributed by atoms with Crippen LogP contribution in [0.1, 0.15) is 20.8 Å². The summed E-state index contributed by atoms with van der Waals surface area (Å²) >= 11 is 0. The SMILES string of the molecule is NC(=O)c1ccccc1-c1c(C(N)=O)n(C(N)=O)c2ccccc12. The van der Waals surface area contributed by atoms with Crippen molar-refractivity contribution >= 4 is 28.7 Å². The molecule has 1 aromatic heterocycles. The van der Waals surface area contributed by atoms with Crippen LogP contribution in [0, 0.1) is 0 Å². The van der Waals surface area contributed by atoms with E-state index in [4.69, 9.17) is 17.2 Å². The first-order chi connectivity index (χ1) is 11.4. The highest BCUT2D eigenvalue weighted by Crippen LogP contribution is 2.36. The molecule has 3 aromatic rings. The van der Waals surface area contributed by atoms with Gasteiger partial charge in [-0.25, -0.2) is 4.79 Å². The zero-order valence-electron chi connectivity index (χ0n) is 12.5. The van der Waals surface area contributed by atoms with Gasteiger partial charge in [0.2, 0.25) is 5.91 Å². The molecule has 0 bridgehead atoms. The number of carbonyl (C=O) groups is 3. The van der Waals surface area contributed by atoms with Gasteiger partial charge in [-0.1, -0.05) is 36.4 Å². The predicted octanol–water partition coefficient (Wildman–Crippen LogP) is 1.43. The maximum absolute atomic E-state index is 12.0. The molecule has 3 amide bonds. The maximum atomic E-state index is 12.0. The molecule has 0 atom stereocenters. The Kier molecular flexibility index (Phi) is 3.53. The number of nitrogens with zero attached hydrogens (tertiary/aromatic N) is 1. The monoisotopic (exact) mass is 322 g/mol. The standard InChI is InChI=1S/C17H14N4O3/c18-15(22)10-6-2-1-5-9(10)13-11-7-3-4-8-12(11)21(17(20)24)14(13)16(19)23/h1-8H,(H2,18,22)(H2,19,23)(H2,20,24). The van der Waals surface area contributed by atoms with E-state index in [1.165, 1.54) is 0 Å². The molecule has 24 heavy (non-hydrogen) atoms. The van der Waals surface area contributed by atoms with Gasteiger partial charge in [0.25, 0.3) is 5.91 Å². The number of hydrogen-bond acceptors (Lipinski definition) is 3. The molecule has 1 heterocycles. The topological polar surface area (TPSA) is 134 Å². The number of hydrogen-bond donors (Lipinski definition) is 3. The molecule has 7 nitrogen and oxygen atoms in total. The highest BCUT2D eigenvalue weighted by Gasteiger charge is 2.26. The van der Waals surface area contributed by atoms with Crippen LogP contribution in [-0.4, -0.2) is 22.4 Å². The number of fused-ring (bicyclic) bond motifs is 1. The summed E-state index contributed by atoms with van der Waals surface area (Å²) < 4.78 is 1.05. The molecule has 0 unspecified atom stereocenters. The predicted molar refractivity (Wildman–Crippen MR) is 89.4 cm³/mol. The first-order valence-electron chi connectivity index (χ1n) is 7.05. The molecule has 0 aliphatic heterocycles. The molecule has 0 aliphatic rings. The summed E-state index contributed by atoms with van der Waals surface area (Å²) in [5.74, 6) is -1.49. The summed E-state index contributed by atoms with van der Waals surface area (Å²) in [5, 5.41) is 0.568. The summed E-state index contributed by atoms with van der Waals surface area (Å²) in [4.78, 5) is 35.7. The Morgan fingerprint density at radius 1 is 0.792 bits per heavy atom. The fourth-order valence-corrected chi connectivity index (χ4v) is 2.89. The lowest BCUT2D eigenvalue weighted by Crippen LogP contribution is -2.27. The lowest BCUT2D eigenvalue weighted by Gasteiger charge is -2.08. The van der Waals surface area contributed by atoms with Crippen molar-refractivity contribution < 1.29 is 14.4 Å². The minimum atomic E-state index is -0.845. The van der Waals surface area contributed by atoms with E-state index in [9.17, 15) is 14.4 Å². The molecule has 0 saturated heterocycles. The molecule has 6 N–H and O–H groups in total. The lowest BCUT2D eigenvalue weighted by atomic mass is 9.96. The van der Waals surface area contributed by atoms with Crippen LogP contribution in [-0.2, 0) is 0 Å². The fraction of sp³-hybridized carbons (Fsp3) is 0. The summed E-state index contributed by atoms with van der Waals surface area (Å²) in [5.41, 5.74) is 17.7. The van der Waals surface area contributed by atoms with Gasteiger partial charge in [-0.2, -0.15) is 0 Å². The van der Waals surface area contributed by atoms with Crippen molar-refractivity contribution in [3.05, 3.63) is 59.8 Å². The maximum Gasteiger partial charge on any atom is 0.324 e. The summed E-state index contributed by atoms with van der Waals surface area (Å²) in [6, 6.07) is 12.5. The Labute approximate surface area is 136 Å². The molecule has 3 rings (SSSR count). The first kappa shape index (κ1) is 15.3. The average molecular weight is 322 g/mol. The molecule has 0 spiro atoms. The third-order valence-corrected chi connectivity index (χ3v) is 3.79. The van der Waals surface area contributed by atoms with Crippen molar-refractivity contribution in [2.75, 3.05) is 0 Å². The van der Waals surface area contributed by atoms with E-state index in [0.29, 0.717) is 22.0 Å². The van der Waals surface area contributed by atoms with Gasteiger partial charge in [-0.15, -0.1) is 0 Å². The van der Waals surface area contributed by atoms with Crippen LogP contribution >= 0.6 is 0 Å². The molecule has 0 aliphatic carbocycles. The van der Waals surface area contributed by atoms with Gasteiger partial charge in [0.05, 0.1) is 5.52 Å². The van der Waals surface area contributed by atoms with Gasteiger partial charge in [-0.3, -0.25) is 14.2 Å². The summed E-state index contributed by atoms with van der Waals surface area (Å²) in [7, 11) is 0. The van der Waals surface area contributed by atoms with E-state index < -0.39 is 17.8 Å². The number of aromatic nitrogens is 1. The quantitative estimate of drug-likeness (QED) is 0.673. The van der Waals surface area contributed by atoms with Gasteiger partial charge in [0, 0.05) is 16.5 Å². The number of primary amides is 3. The van der Waals surface area contributed by atoms with Crippen molar-refractivity contribution in [1.29, 1.82) is 0 Å². The molecule has 0 fully saturated rings. The van der Waals surface area contributed by atoms with Crippen LogP contribution in [0.5, 0.6) is 0 Å². The Morgan fingerprint density at radius 2 is 1.42 bits per heavy atom. The van der Waals surface area contributed by atoms with Crippen LogP contribution in [0.25, 0.3) is 22.0 Å². The van der Waals surface area contributed by atoms with Gasteiger partial charge in [0.1, 0.15) is 5.69 Å². The minimum Gasteiger partial charge on any atom is -0.366 e. The van der Waals surface area contributed by atoms with E-state index in [0.717, 1.165) is 4.57 Å². The van der Waals surface area contributed by atoms with E-state index in [1.807, 2.05) is 0 Å². The van der Waals surface area contributed by atoms with Gasteiger partial charge in [-0.05, 0) is 17.7 Å². The minimum absolute atomic E-state index is 0.0857. The van der Waals surface area contributed by atoms with Gasteiger partial charge >= 0.3 is 6.03 Å². The second-order valence-electron chi connectivity index (χ2n) is 5.19. The Balaban J connectivity index is 2.54.